The molecule has 0 spiro atoms. The van der Waals surface area contributed by atoms with Gasteiger partial charge in [-0.1, -0.05) is 25.6 Å². The standard InChI is InChI=1S/C5H10B/c1-3-5-6-4-2/h3H,1,4-5H2,2H3. The Morgan fingerprint density at radius 2 is 2.50 bits per heavy atom. The van der Waals surface area contributed by atoms with Crippen LogP contribution in [-0.2, 0) is 0 Å². The summed E-state index contributed by atoms with van der Waals surface area (Å²) in [4.78, 5) is 0. The first-order chi connectivity index (χ1) is 2.91. The fourth-order valence-electron chi connectivity index (χ4n) is 0.285. The summed E-state index contributed by atoms with van der Waals surface area (Å²) in [6, 6.07) is 0. The normalized spacial score (nSPS) is 7.50. The molecule has 33 valence electrons. The van der Waals surface area contributed by atoms with Crippen LogP contribution in [0.4, 0.5) is 0 Å². The molecule has 0 atom stereocenters. The molecule has 0 aliphatic carbocycles. The monoisotopic (exact) mass is 81.1 g/mol. The zero-order valence-electron chi connectivity index (χ0n) is 4.28. The summed E-state index contributed by atoms with van der Waals surface area (Å²) in [6.07, 6.45) is 4.12. The molecule has 0 aromatic rings. The maximum atomic E-state index is 3.57. The zero-order valence-corrected chi connectivity index (χ0v) is 4.28. The molecule has 0 amide bonds. The highest BCUT2D eigenvalue weighted by atomic mass is 13.5. The third-order valence-corrected chi connectivity index (χ3v) is 0.622. The summed E-state index contributed by atoms with van der Waals surface area (Å²) in [6.45, 7) is 5.70. The molecule has 6 heavy (non-hydrogen) atoms. The summed E-state index contributed by atoms with van der Waals surface area (Å²) in [5.41, 5.74) is 0. The lowest BCUT2D eigenvalue weighted by atomic mass is 9.72. The Bertz CT molecular complexity index is 32.9. The fraction of sp³-hybridized carbons (Fsp3) is 0.600. The van der Waals surface area contributed by atoms with E-state index in [0.29, 0.717) is 0 Å². The second-order valence-corrected chi connectivity index (χ2v) is 1.22. The van der Waals surface area contributed by atoms with Crippen molar-refractivity contribution in [2.24, 2.45) is 0 Å². The maximum absolute atomic E-state index is 3.57. The van der Waals surface area contributed by atoms with Crippen molar-refractivity contribution < 1.29 is 0 Å². The van der Waals surface area contributed by atoms with Gasteiger partial charge in [0.1, 0.15) is 7.28 Å². The van der Waals surface area contributed by atoms with Crippen molar-refractivity contribution in [1.29, 1.82) is 0 Å². The molecule has 0 saturated heterocycles. The van der Waals surface area contributed by atoms with Crippen LogP contribution in [0.1, 0.15) is 6.92 Å². The van der Waals surface area contributed by atoms with Gasteiger partial charge in [0.05, 0.1) is 0 Å². The van der Waals surface area contributed by atoms with Crippen LogP contribution in [0.2, 0.25) is 12.6 Å². The molecule has 0 nitrogen and oxygen atoms in total. The van der Waals surface area contributed by atoms with Crippen molar-refractivity contribution in [3.63, 3.8) is 0 Å². The Morgan fingerprint density at radius 1 is 1.83 bits per heavy atom. The average Bonchev–Trinajstić information content (AvgIpc) is 1.61. The van der Waals surface area contributed by atoms with Gasteiger partial charge >= 0.3 is 0 Å². The van der Waals surface area contributed by atoms with E-state index in [2.05, 4.69) is 20.8 Å². The van der Waals surface area contributed by atoms with E-state index in [9.17, 15) is 0 Å². The molecule has 1 heteroatoms. The van der Waals surface area contributed by atoms with Gasteiger partial charge in [-0.25, -0.2) is 0 Å². The van der Waals surface area contributed by atoms with Gasteiger partial charge in [-0.05, 0) is 0 Å². The molecule has 0 bridgehead atoms. The van der Waals surface area contributed by atoms with Crippen molar-refractivity contribution >= 4 is 7.28 Å². The number of allylic oxidation sites excluding steroid dienone is 1. The van der Waals surface area contributed by atoms with E-state index in [0.717, 1.165) is 12.6 Å². The van der Waals surface area contributed by atoms with Gasteiger partial charge in [-0.15, -0.1) is 6.58 Å². The van der Waals surface area contributed by atoms with Gasteiger partial charge in [0.15, 0.2) is 0 Å². The zero-order chi connectivity index (χ0) is 4.83. The van der Waals surface area contributed by atoms with Crippen molar-refractivity contribution in [3.05, 3.63) is 12.7 Å². The number of hydrogen-bond acceptors (Lipinski definition) is 0. The van der Waals surface area contributed by atoms with E-state index in [1.807, 2.05) is 6.08 Å². The first kappa shape index (κ1) is 5.80. The van der Waals surface area contributed by atoms with Crippen LogP contribution >= 0.6 is 0 Å². The van der Waals surface area contributed by atoms with Gasteiger partial charge in [0.25, 0.3) is 0 Å². The van der Waals surface area contributed by atoms with Crippen LogP contribution < -0.4 is 0 Å². The molecule has 0 fully saturated rings. The highest BCUT2D eigenvalue weighted by molar-refractivity contribution is 6.35. The smallest absolute Gasteiger partial charge is 0.104 e. The number of rotatable bonds is 3. The third kappa shape index (κ3) is 3.80. The first-order valence-corrected chi connectivity index (χ1v) is 2.34. The third-order valence-electron chi connectivity index (χ3n) is 0.622. The minimum absolute atomic E-state index is 1.05. The molecule has 0 saturated carbocycles. The average molecular weight is 80.9 g/mol. The van der Waals surface area contributed by atoms with Crippen LogP contribution in [0.3, 0.4) is 0 Å². The Labute approximate surface area is 40.5 Å². The Balaban J connectivity index is 2.49. The van der Waals surface area contributed by atoms with Gasteiger partial charge in [0, 0.05) is 0 Å². The van der Waals surface area contributed by atoms with E-state index in [1.165, 1.54) is 0 Å². The van der Waals surface area contributed by atoms with Gasteiger partial charge in [0.2, 0.25) is 0 Å². The summed E-state index contributed by atoms with van der Waals surface area (Å²) in [5.74, 6) is 0. The molecule has 0 aliphatic rings. The molecular formula is C5H10B. The highest BCUT2D eigenvalue weighted by Crippen LogP contribution is 1.81. The lowest BCUT2D eigenvalue weighted by molar-refractivity contribution is 1.43. The predicted octanol–water partition coefficient (Wildman–Crippen LogP) is 1.73. The SMILES string of the molecule is C=CC[B]CC. The van der Waals surface area contributed by atoms with Crippen LogP contribution in [0.5, 0.6) is 0 Å². The van der Waals surface area contributed by atoms with Crippen molar-refractivity contribution in [1.82, 2.24) is 0 Å². The molecule has 0 rings (SSSR count). The molecule has 0 aromatic carbocycles. The predicted molar refractivity (Wildman–Crippen MR) is 31.2 cm³/mol. The van der Waals surface area contributed by atoms with E-state index in [1.54, 1.807) is 0 Å². The van der Waals surface area contributed by atoms with E-state index in [4.69, 9.17) is 0 Å². The first-order valence-electron chi connectivity index (χ1n) is 2.34. The van der Waals surface area contributed by atoms with Gasteiger partial charge in [-0.2, -0.15) is 0 Å². The second-order valence-electron chi connectivity index (χ2n) is 1.22. The molecule has 0 aliphatic heterocycles. The van der Waals surface area contributed by atoms with Crippen molar-refractivity contribution in [3.8, 4) is 0 Å². The number of hydrogen-bond donors (Lipinski definition) is 0. The van der Waals surface area contributed by atoms with Crippen LogP contribution in [-0.4, -0.2) is 7.28 Å². The van der Waals surface area contributed by atoms with Crippen LogP contribution in [0, 0.1) is 0 Å². The Kier molecular flexibility index (Phi) is 4.65. The van der Waals surface area contributed by atoms with Crippen molar-refractivity contribution in [2.45, 2.75) is 19.6 Å². The largest absolute Gasteiger partial charge is 0.114 e. The molecule has 0 aromatic heterocycles. The minimum Gasteiger partial charge on any atom is -0.104 e. The summed E-state index contributed by atoms with van der Waals surface area (Å²) in [7, 11) is 2.19. The summed E-state index contributed by atoms with van der Waals surface area (Å²) >= 11 is 0. The molecule has 0 unspecified atom stereocenters. The fourth-order valence-corrected chi connectivity index (χ4v) is 0.285. The van der Waals surface area contributed by atoms with E-state index in [-0.39, 0.29) is 0 Å². The molecule has 0 heterocycles. The van der Waals surface area contributed by atoms with Crippen molar-refractivity contribution in [2.75, 3.05) is 0 Å². The summed E-state index contributed by atoms with van der Waals surface area (Å²) in [5, 5.41) is 0. The molecular weight excluding hydrogens is 70.9 g/mol. The lowest BCUT2D eigenvalue weighted by Crippen LogP contribution is -1.78. The highest BCUT2D eigenvalue weighted by Gasteiger charge is 1.75. The summed E-state index contributed by atoms with van der Waals surface area (Å²) < 4.78 is 0. The maximum Gasteiger partial charge on any atom is 0.114 e. The van der Waals surface area contributed by atoms with Gasteiger partial charge < -0.3 is 0 Å². The Hall–Kier alpha value is -0.195. The quantitative estimate of drug-likeness (QED) is 0.275. The van der Waals surface area contributed by atoms with Gasteiger partial charge in [-0.3, -0.25) is 0 Å². The van der Waals surface area contributed by atoms with E-state index < -0.39 is 0 Å². The van der Waals surface area contributed by atoms with Crippen LogP contribution in [0.15, 0.2) is 12.7 Å². The Morgan fingerprint density at radius 3 is 2.67 bits per heavy atom. The second kappa shape index (κ2) is 4.80. The molecule has 1 radical (unpaired) electrons. The molecule has 0 N–H and O–H groups in total. The topological polar surface area (TPSA) is 0 Å². The lowest BCUT2D eigenvalue weighted by Gasteiger charge is -1.78. The van der Waals surface area contributed by atoms with Crippen LogP contribution in [0.25, 0.3) is 0 Å². The van der Waals surface area contributed by atoms with E-state index >= 15 is 0 Å². The minimum atomic E-state index is 1.05.